The van der Waals surface area contributed by atoms with E-state index >= 15 is 0 Å². The average Bonchev–Trinajstić information content (AvgIpc) is 2.28. The van der Waals surface area contributed by atoms with Gasteiger partial charge in [0.2, 0.25) is 0 Å². The zero-order chi connectivity index (χ0) is 13.0. The molecule has 0 spiro atoms. The molecule has 2 amide bonds. The quantitative estimate of drug-likeness (QED) is 0.852. The van der Waals surface area contributed by atoms with Crippen LogP contribution >= 0.6 is 0 Å². The number of anilines is 2. The van der Waals surface area contributed by atoms with Crippen LogP contribution in [0.2, 0.25) is 0 Å². The van der Waals surface area contributed by atoms with Crippen molar-refractivity contribution in [3.05, 3.63) is 58.6 Å². The van der Waals surface area contributed by atoms with Gasteiger partial charge < -0.3 is 15.1 Å². The fourth-order valence-corrected chi connectivity index (χ4v) is 1.49. The lowest BCUT2D eigenvalue weighted by atomic mass is 10.3. The van der Waals surface area contributed by atoms with Crippen molar-refractivity contribution in [1.29, 1.82) is 0 Å². The van der Waals surface area contributed by atoms with Crippen molar-refractivity contribution in [2.75, 3.05) is 10.6 Å². The van der Waals surface area contributed by atoms with E-state index in [1.165, 1.54) is 6.07 Å². The van der Waals surface area contributed by atoms with Gasteiger partial charge in [0.05, 0.1) is 5.69 Å². The maximum atomic E-state index is 11.6. The van der Waals surface area contributed by atoms with Crippen LogP contribution in [0.25, 0.3) is 0 Å². The standard InChI is InChI=1S/C13H12N2O3/c1-9-7-11(8-12(16)18-9)15-13(17)14-10-5-3-2-4-6-10/h2-8H,1H3,(H2,14,15,17). The molecule has 2 aromatic rings. The van der Waals surface area contributed by atoms with Crippen molar-refractivity contribution >= 4 is 17.4 Å². The third-order valence-electron chi connectivity index (χ3n) is 2.18. The average molecular weight is 244 g/mol. The summed E-state index contributed by atoms with van der Waals surface area (Å²) in [4.78, 5) is 22.8. The van der Waals surface area contributed by atoms with Gasteiger partial charge in [0.1, 0.15) is 5.76 Å². The number of rotatable bonds is 2. The van der Waals surface area contributed by atoms with Crippen molar-refractivity contribution in [3.63, 3.8) is 0 Å². The summed E-state index contributed by atoms with van der Waals surface area (Å²) in [5, 5.41) is 5.21. The highest BCUT2D eigenvalue weighted by atomic mass is 16.4. The highest BCUT2D eigenvalue weighted by Crippen LogP contribution is 2.09. The SMILES string of the molecule is Cc1cc(NC(=O)Nc2ccccc2)cc(=O)o1. The Morgan fingerprint density at radius 3 is 2.39 bits per heavy atom. The van der Waals surface area contributed by atoms with Crippen molar-refractivity contribution < 1.29 is 9.21 Å². The second-order valence-corrected chi connectivity index (χ2v) is 3.72. The van der Waals surface area contributed by atoms with E-state index in [1.54, 1.807) is 25.1 Å². The molecule has 5 nitrogen and oxygen atoms in total. The largest absolute Gasteiger partial charge is 0.428 e. The van der Waals surface area contributed by atoms with E-state index in [2.05, 4.69) is 10.6 Å². The first kappa shape index (κ1) is 11.9. The number of carbonyl (C=O) groups excluding carboxylic acids is 1. The summed E-state index contributed by atoms with van der Waals surface area (Å²) in [5.41, 5.74) is 0.580. The molecule has 0 aliphatic heterocycles. The van der Waals surface area contributed by atoms with Crippen LogP contribution in [-0.2, 0) is 0 Å². The molecule has 2 rings (SSSR count). The highest BCUT2D eigenvalue weighted by molar-refractivity contribution is 5.99. The monoisotopic (exact) mass is 244 g/mol. The summed E-state index contributed by atoms with van der Waals surface area (Å²) in [7, 11) is 0. The molecule has 0 aliphatic carbocycles. The van der Waals surface area contributed by atoms with Gasteiger partial charge >= 0.3 is 11.7 Å². The molecule has 92 valence electrons. The van der Waals surface area contributed by atoms with Crippen LogP contribution in [0, 0.1) is 6.92 Å². The molecule has 1 aromatic carbocycles. The minimum atomic E-state index is -0.495. The Kier molecular flexibility index (Phi) is 3.43. The summed E-state index contributed by atoms with van der Waals surface area (Å²) in [6.07, 6.45) is 0. The van der Waals surface area contributed by atoms with E-state index in [-0.39, 0.29) is 0 Å². The van der Waals surface area contributed by atoms with Crippen molar-refractivity contribution in [2.24, 2.45) is 0 Å². The minimum absolute atomic E-state index is 0.400. The Balaban J connectivity index is 2.05. The number of para-hydroxylation sites is 1. The summed E-state index contributed by atoms with van der Waals surface area (Å²) in [5.74, 6) is 0.442. The van der Waals surface area contributed by atoms with Crippen molar-refractivity contribution in [2.45, 2.75) is 6.92 Å². The van der Waals surface area contributed by atoms with Gasteiger partial charge in [-0.1, -0.05) is 18.2 Å². The van der Waals surface area contributed by atoms with Crippen LogP contribution in [0.5, 0.6) is 0 Å². The van der Waals surface area contributed by atoms with Gasteiger partial charge in [0.25, 0.3) is 0 Å². The lowest BCUT2D eigenvalue weighted by molar-refractivity contribution is 0.262. The van der Waals surface area contributed by atoms with E-state index in [0.717, 1.165) is 0 Å². The Bertz CT molecular complexity index is 605. The van der Waals surface area contributed by atoms with E-state index in [1.807, 2.05) is 18.2 Å². The normalized spacial score (nSPS) is 9.83. The minimum Gasteiger partial charge on any atom is -0.428 e. The third-order valence-corrected chi connectivity index (χ3v) is 2.18. The van der Waals surface area contributed by atoms with E-state index in [9.17, 15) is 9.59 Å². The first-order chi connectivity index (χ1) is 8.63. The lowest BCUT2D eigenvalue weighted by Gasteiger charge is -2.07. The van der Waals surface area contributed by atoms with Gasteiger partial charge in [-0.05, 0) is 19.1 Å². The maximum absolute atomic E-state index is 11.6. The van der Waals surface area contributed by atoms with Crippen molar-refractivity contribution in [3.8, 4) is 0 Å². The zero-order valence-corrected chi connectivity index (χ0v) is 9.77. The molecule has 0 bridgehead atoms. The molecule has 0 unspecified atom stereocenters. The van der Waals surface area contributed by atoms with Crippen LogP contribution in [0.3, 0.4) is 0 Å². The predicted molar refractivity (Wildman–Crippen MR) is 68.8 cm³/mol. The zero-order valence-electron chi connectivity index (χ0n) is 9.77. The molecule has 2 N–H and O–H groups in total. The summed E-state index contributed by atoms with van der Waals surface area (Å²) in [6.45, 7) is 1.64. The molecule has 18 heavy (non-hydrogen) atoms. The van der Waals surface area contributed by atoms with Crippen LogP contribution < -0.4 is 16.3 Å². The first-order valence-corrected chi connectivity index (χ1v) is 5.38. The van der Waals surface area contributed by atoms with Crippen LogP contribution in [0.1, 0.15) is 5.76 Å². The van der Waals surface area contributed by atoms with Gasteiger partial charge in [-0.25, -0.2) is 9.59 Å². The fourth-order valence-electron chi connectivity index (χ4n) is 1.49. The summed E-state index contributed by atoms with van der Waals surface area (Å²) >= 11 is 0. The van der Waals surface area contributed by atoms with Crippen LogP contribution in [-0.4, -0.2) is 6.03 Å². The Morgan fingerprint density at radius 2 is 1.72 bits per heavy atom. The molecule has 0 aliphatic rings. The van der Waals surface area contributed by atoms with E-state index < -0.39 is 11.7 Å². The van der Waals surface area contributed by atoms with Crippen molar-refractivity contribution in [1.82, 2.24) is 0 Å². The number of carbonyl (C=O) groups is 1. The van der Waals surface area contributed by atoms with Gasteiger partial charge in [0, 0.05) is 17.8 Å². The smallest absolute Gasteiger partial charge is 0.337 e. The van der Waals surface area contributed by atoms with Gasteiger partial charge in [0.15, 0.2) is 0 Å². The Labute approximate surface area is 103 Å². The molecule has 1 aromatic heterocycles. The molecule has 1 heterocycles. The van der Waals surface area contributed by atoms with Crippen LogP contribution in [0.15, 0.2) is 51.7 Å². The number of benzene rings is 1. The molecule has 0 saturated carbocycles. The lowest BCUT2D eigenvalue weighted by Crippen LogP contribution is -2.20. The van der Waals surface area contributed by atoms with Gasteiger partial charge in [-0.2, -0.15) is 0 Å². The number of hydrogen-bond acceptors (Lipinski definition) is 3. The van der Waals surface area contributed by atoms with Crippen LogP contribution in [0.4, 0.5) is 16.2 Å². The number of aryl methyl sites for hydroxylation is 1. The Morgan fingerprint density at radius 1 is 1.06 bits per heavy atom. The second-order valence-electron chi connectivity index (χ2n) is 3.72. The number of urea groups is 1. The molecule has 0 atom stereocenters. The molecular formula is C13H12N2O3. The molecule has 0 fully saturated rings. The van der Waals surface area contributed by atoms with Gasteiger partial charge in [-0.3, -0.25) is 0 Å². The summed E-state index contributed by atoms with van der Waals surface area (Å²) in [6, 6.07) is 11.4. The Hall–Kier alpha value is -2.56. The molecule has 0 radical (unpaired) electrons. The fraction of sp³-hybridized carbons (Fsp3) is 0.0769. The topological polar surface area (TPSA) is 71.3 Å². The highest BCUT2D eigenvalue weighted by Gasteiger charge is 2.04. The molecular weight excluding hydrogens is 232 g/mol. The van der Waals surface area contributed by atoms with E-state index in [0.29, 0.717) is 17.1 Å². The second kappa shape index (κ2) is 5.18. The number of nitrogens with one attached hydrogen (secondary N) is 2. The third kappa shape index (κ3) is 3.21. The number of hydrogen-bond donors (Lipinski definition) is 2. The predicted octanol–water partition coefficient (Wildman–Crippen LogP) is 2.59. The summed E-state index contributed by atoms with van der Waals surface area (Å²) < 4.78 is 4.79. The van der Waals surface area contributed by atoms with Gasteiger partial charge in [-0.15, -0.1) is 0 Å². The maximum Gasteiger partial charge on any atom is 0.337 e. The van der Waals surface area contributed by atoms with E-state index in [4.69, 9.17) is 4.42 Å². The molecule has 5 heteroatoms. The first-order valence-electron chi connectivity index (χ1n) is 5.38. The molecule has 0 saturated heterocycles. The number of amides is 2.